The van der Waals surface area contributed by atoms with Crippen LogP contribution in [0.15, 0.2) is 60.7 Å². The number of Topliss-reactive ketones (excluding diaryl/α,β-unsaturated/α-hetero) is 1. The molecule has 0 saturated heterocycles. The van der Waals surface area contributed by atoms with Crippen LogP contribution in [-0.4, -0.2) is 10.9 Å². The number of carbonyl (C=O) groups is 1. The van der Waals surface area contributed by atoms with Crippen molar-refractivity contribution in [1.29, 1.82) is 0 Å². The van der Waals surface area contributed by atoms with Gasteiger partial charge in [-0.05, 0) is 18.1 Å². The minimum atomic E-state index is -1.55. The molecule has 0 atom stereocenters. The summed E-state index contributed by atoms with van der Waals surface area (Å²) < 4.78 is 0. The second-order valence-electron chi connectivity index (χ2n) is 4.00. The molecule has 1 N–H and O–H groups in total. The number of carbonyl (C=O) groups excluding carboxylic acids is 1. The van der Waals surface area contributed by atoms with Crippen LogP contribution in [0.3, 0.4) is 0 Å². The zero-order valence-electron chi connectivity index (χ0n) is 13.6. The SMILES string of the molecule is CC.CC.CC(=O)C(O)(c1ccccc1)c1ccccc1. The maximum atomic E-state index is 11.8. The Morgan fingerprint density at radius 1 is 0.762 bits per heavy atom. The third kappa shape index (κ3) is 4.54. The molecule has 2 rings (SSSR count). The molecule has 0 saturated carbocycles. The van der Waals surface area contributed by atoms with E-state index in [-0.39, 0.29) is 5.78 Å². The predicted octanol–water partition coefficient (Wildman–Crippen LogP) is 4.56. The van der Waals surface area contributed by atoms with Crippen molar-refractivity contribution in [2.45, 2.75) is 40.2 Å². The van der Waals surface area contributed by atoms with Crippen LogP contribution in [0.5, 0.6) is 0 Å². The van der Waals surface area contributed by atoms with E-state index < -0.39 is 5.60 Å². The first-order valence-corrected chi connectivity index (χ1v) is 7.50. The molecule has 0 bridgehead atoms. The quantitative estimate of drug-likeness (QED) is 0.897. The van der Waals surface area contributed by atoms with Gasteiger partial charge in [-0.25, -0.2) is 0 Å². The van der Waals surface area contributed by atoms with Gasteiger partial charge in [-0.1, -0.05) is 88.4 Å². The van der Waals surface area contributed by atoms with Crippen LogP contribution in [0.4, 0.5) is 0 Å². The third-order valence-electron chi connectivity index (χ3n) is 2.89. The minimum Gasteiger partial charge on any atom is -0.373 e. The molecule has 0 spiro atoms. The standard InChI is InChI=1S/C15H14O2.2C2H6/c1-12(16)15(17,13-8-4-2-5-9-13)14-10-6-3-7-11-14;2*1-2/h2-11,17H,1H3;2*1-2H3. The van der Waals surface area contributed by atoms with Crippen LogP contribution in [0, 0.1) is 0 Å². The van der Waals surface area contributed by atoms with Crippen molar-refractivity contribution < 1.29 is 9.90 Å². The molecule has 0 aliphatic rings. The van der Waals surface area contributed by atoms with Gasteiger partial charge in [0, 0.05) is 0 Å². The van der Waals surface area contributed by atoms with Crippen molar-refractivity contribution in [3.05, 3.63) is 71.8 Å². The van der Waals surface area contributed by atoms with Gasteiger partial charge >= 0.3 is 0 Å². The summed E-state index contributed by atoms with van der Waals surface area (Å²) in [6.45, 7) is 9.40. The summed E-state index contributed by atoms with van der Waals surface area (Å²) in [6.07, 6.45) is 0. The van der Waals surface area contributed by atoms with Crippen LogP contribution in [0.1, 0.15) is 45.7 Å². The van der Waals surface area contributed by atoms with E-state index in [2.05, 4.69) is 0 Å². The van der Waals surface area contributed by atoms with Gasteiger partial charge in [-0.2, -0.15) is 0 Å². The number of ketones is 1. The van der Waals surface area contributed by atoms with E-state index in [1.54, 1.807) is 24.3 Å². The smallest absolute Gasteiger partial charge is 0.173 e. The summed E-state index contributed by atoms with van der Waals surface area (Å²) in [4.78, 5) is 11.8. The second-order valence-corrected chi connectivity index (χ2v) is 4.00. The van der Waals surface area contributed by atoms with E-state index in [1.807, 2.05) is 64.1 Å². The minimum absolute atomic E-state index is 0.282. The lowest BCUT2D eigenvalue weighted by molar-refractivity contribution is -0.131. The van der Waals surface area contributed by atoms with E-state index in [4.69, 9.17) is 0 Å². The van der Waals surface area contributed by atoms with E-state index in [0.29, 0.717) is 11.1 Å². The molecule has 0 fully saturated rings. The van der Waals surface area contributed by atoms with Crippen molar-refractivity contribution in [3.8, 4) is 0 Å². The highest BCUT2D eigenvalue weighted by atomic mass is 16.3. The molecule has 0 radical (unpaired) electrons. The van der Waals surface area contributed by atoms with E-state index in [1.165, 1.54) is 6.92 Å². The van der Waals surface area contributed by atoms with Gasteiger partial charge in [0.05, 0.1) is 0 Å². The topological polar surface area (TPSA) is 37.3 Å². The number of hydrogen-bond donors (Lipinski definition) is 1. The van der Waals surface area contributed by atoms with Crippen LogP contribution in [0.2, 0.25) is 0 Å². The number of hydrogen-bond acceptors (Lipinski definition) is 2. The second kappa shape index (κ2) is 9.89. The molecule has 0 heterocycles. The Morgan fingerprint density at radius 3 is 1.29 bits per heavy atom. The Hall–Kier alpha value is -1.93. The first kappa shape index (κ1) is 19.1. The average Bonchev–Trinajstić information content (AvgIpc) is 2.59. The molecule has 0 unspecified atom stereocenters. The normalized spacial score (nSPS) is 9.62. The Kier molecular flexibility index (Phi) is 8.98. The van der Waals surface area contributed by atoms with Gasteiger partial charge < -0.3 is 5.11 Å². The lowest BCUT2D eigenvalue weighted by Crippen LogP contribution is -2.35. The molecule has 0 aliphatic carbocycles. The van der Waals surface area contributed by atoms with Crippen molar-refractivity contribution >= 4 is 5.78 Å². The molecule has 2 aromatic rings. The molecule has 0 aliphatic heterocycles. The van der Waals surface area contributed by atoms with Gasteiger partial charge in [0.15, 0.2) is 11.4 Å². The van der Waals surface area contributed by atoms with Crippen LogP contribution < -0.4 is 0 Å². The fraction of sp³-hybridized carbons (Fsp3) is 0.316. The number of rotatable bonds is 3. The molecule has 2 aromatic carbocycles. The molecule has 0 aromatic heterocycles. The van der Waals surface area contributed by atoms with Gasteiger partial charge in [0.1, 0.15) is 0 Å². The first-order valence-electron chi connectivity index (χ1n) is 7.50. The molecular weight excluding hydrogens is 260 g/mol. The lowest BCUT2D eigenvalue weighted by Gasteiger charge is -2.26. The van der Waals surface area contributed by atoms with Crippen LogP contribution >= 0.6 is 0 Å². The van der Waals surface area contributed by atoms with E-state index in [9.17, 15) is 9.90 Å². The summed E-state index contributed by atoms with van der Waals surface area (Å²) in [6, 6.07) is 18.0. The summed E-state index contributed by atoms with van der Waals surface area (Å²) in [5.74, 6) is -0.282. The van der Waals surface area contributed by atoms with E-state index in [0.717, 1.165) is 0 Å². The lowest BCUT2D eigenvalue weighted by atomic mass is 9.83. The van der Waals surface area contributed by atoms with Gasteiger partial charge in [0.2, 0.25) is 0 Å². The summed E-state index contributed by atoms with van der Waals surface area (Å²) in [7, 11) is 0. The van der Waals surface area contributed by atoms with Crippen molar-refractivity contribution in [2.24, 2.45) is 0 Å². The highest BCUT2D eigenvalue weighted by molar-refractivity contribution is 5.89. The highest BCUT2D eigenvalue weighted by Gasteiger charge is 2.36. The van der Waals surface area contributed by atoms with Gasteiger partial charge in [0.25, 0.3) is 0 Å². The Balaban J connectivity index is 0.000000921. The Labute approximate surface area is 128 Å². The number of aliphatic hydroxyl groups is 1. The third-order valence-corrected chi connectivity index (χ3v) is 2.89. The molecule has 21 heavy (non-hydrogen) atoms. The first-order chi connectivity index (χ1) is 10.2. The zero-order valence-corrected chi connectivity index (χ0v) is 13.6. The average molecular weight is 286 g/mol. The largest absolute Gasteiger partial charge is 0.373 e. The van der Waals surface area contributed by atoms with Crippen LogP contribution in [-0.2, 0) is 10.4 Å². The fourth-order valence-electron chi connectivity index (χ4n) is 1.93. The van der Waals surface area contributed by atoms with Crippen molar-refractivity contribution in [2.75, 3.05) is 0 Å². The molecule has 2 nitrogen and oxygen atoms in total. The molecule has 0 amide bonds. The molecule has 2 heteroatoms. The van der Waals surface area contributed by atoms with Gasteiger partial charge in [-0.3, -0.25) is 4.79 Å². The Bertz CT molecular complexity index is 464. The summed E-state index contributed by atoms with van der Waals surface area (Å²) in [5, 5.41) is 10.7. The summed E-state index contributed by atoms with van der Waals surface area (Å²) in [5.41, 5.74) is -0.361. The predicted molar refractivity (Wildman–Crippen MR) is 89.3 cm³/mol. The number of benzene rings is 2. The van der Waals surface area contributed by atoms with Crippen LogP contribution in [0.25, 0.3) is 0 Å². The maximum absolute atomic E-state index is 11.8. The monoisotopic (exact) mass is 286 g/mol. The molecule has 114 valence electrons. The highest BCUT2D eigenvalue weighted by Crippen LogP contribution is 2.30. The zero-order chi connectivity index (χ0) is 16.3. The fourth-order valence-corrected chi connectivity index (χ4v) is 1.93. The summed E-state index contributed by atoms with van der Waals surface area (Å²) >= 11 is 0. The van der Waals surface area contributed by atoms with Crippen molar-refractivity contribution in [3.63, 3.8) is 0 Å². The Morgan fingerprint density at radius 2 is 1.05 bits per heavy atom. The molecular formula is C19H26O2. The van der Waals surface area contributed by atoms with Crippen molar-refractivity contribution in [1.82, 2.24) is 0 Å². The van der Waals surface area contributed by atoms with Gasteiger partial charge in [-0.15, -0.1) is 0 Å². The maximum Gasteiger partial charge on any atom is 0.173 e. The van der Waals surface area contributed by atoms with E-state index >= 15 is 0 Å².